The van der Waals surface area contributed by atoms with Crippen LogP contribution in [0.1, 0.15) is 25.3 Å². The van der Waals surface area contributed by atoms with E-state index in [1.54, 1.807) is 19.2 Å². The maximum Gasteiger partial charge on any atom is 0.422 e. The molecule has 0 fully saturated rings. The molecule has 0 saturated heterocycles. The van der Waals surface area contributed by atoms with E-state index in [1.807, 2.05) is 6.92 Å². The SMILES string of the molecule is CCOCCCCNC(=NC)NCc1cccnc1OCC(F)(F)F. The van der Waals surface area contributed by atoms with Gasteiger partial charge in [0, 0.05) is 45.1 Å². The van der Waals surface area contributed by atoms with Gasteiger partial charge in [0.1, 0.15) is 0 Å². The van der Waals surface area contributed by atoms with E-state index in [0.717, 1.165) is 26.0 Å². The van der Waals surface area contributed by atoms with Crippen molar-refractivity contribution in [1.82, 2.24) is 15.6 Å². The Morgan fingerprint density at radius 3 is 2.76 bits per heavy atom. The lowest BCUT2D eigenvalue weighted by molar-refractivity contribution is -0.154. The number of aliphatic imine (C=N–C) groups is 1. The third kappa shape index (κ3) is 9.75. The first-order valence-electron chi connectivity index (χ1n) is 8.12. The first-order chi connectivity index (χ1) is 12.0. The smallest absolute Gasteiger partial charge is 0.422 e. The lowest BCUT2D eigenvalue weighted by Gasteiger charge is -2.14. The van der Waals surface area contributed by atoms with Crippen LogP contribution in [0.5, 0.6) is 5.88 Å². The Bertz CT molecular complexity index is 524. The minimum absolute atomic E-state index is 0.0421. The second-order valence-electron chi connectivity index (χ2n) is 5.13. The highest BCUT2D eigenvalue weighted by Crippen LogP contribution is 2.19. The van der Waals surface area contributed by atoms with E-state index >= 15 is 0 Å². The zero-order chi connectivity index (χ0) is 18.5. The molecule has 0 aromatic carbocycles. The van der Waals surface area contributed by atoms with E-state index in [4.69, 9.17) is 9.47 Å². The van der Waals surface area contributed by atoms with Crippen LogP contribution in [-0.2, 0) is 11.3 Å². The van der Waals surface area contributed by atoms with Gasteiger partial charge in [0.05, 0.1) is 0 Å². The third-order valence-corrected chi connectivity index (χ3v) is 3.10. The van der Waals surface area contributed by atoms with E-state index < -0.39 is 12.8 Å². The molecular weight excluding hydrogens is 337 g/mol. The molecule has 0 aliphatic carbocycles. The van der Waals surface area contributed by atoms with Crippen molar-refractivity contribution in [3.63, 3.8) is 0 Å². The Morgan fingerprint density at radius 2 is 2.08 bits per heavy atom. The maximum absolute atomic E-state index is 12.3. The second-order valence-corrected chi connectivity index (χ2v) is 5.13. The number of guanidine groups is 1. The summed E-state index contributed by atoms with van der Waals surface area (Å²) in [5, 5.41) is 6.17. The van der Waals surface area contributed by atoms with Gasteiger partial charge in [0.25, 0.3) is 0 Å². The summed E-state index contributed by atoms with van der Waals surface area (Å²) in [6.45, 7) is 2.98. The fraction of sp³-hybridized carbons (Fsp3) is 0.625. The summed E-state index contributed by atoms with van der Waals surface area (Å²) < 4.78 is 46.9. The summed E-state index contributed by atoms with van der Waals surface area (Å²) in [6, 6.07) is 3.29. The Morgan fingerprint density at radius 1 is 1.28 bits per heavy atom. The van der Waals surface area contributed by atoms with Crippen LogP contribution >= 0.6 is 0 Å². The van der Waals surface area contributed by atoms with Crippen molar-refractivity contribution in [3.05, 3.63) is 23.9 Å². The zero-order valence-electron chi connectivity index (χ0n) is 14.5. The number of nitrogens with zero attached hydrogens (tertiary/aromatic N) is 2. The van der Waals surface area contributed by atoms with Crippen LogP contribution in [0.25, 0.3) is 0 Å². The molecule has 142 valence electrons. The molecule has 2 N–H and O–H groups in total. The summed E-state index contributed by atoms with van der Waals surface area (Å²) in [4.78, 5) is 7.93. The number of halogens is 3. The molecular formula is C16H25F3N4O2. The normalized spacial score (nSPS) is 12.1. The highest BCUT2D eigenvalue weighted by Gasteiger charge is 2.29. The van der Waals surface area contributed by atoms with E-state index in [0.29, 0.717) is 18.1 Å². The van der Waals surface area contributed by atoms with Crippen molar-refractivity contribution < 1.29 is 22.6 Å². The fourth-order valence-corrected chi connectivity index (χ4v) is 1.92. The molecule has 0 saturated carbocycles. The Kier molecular flexibility index (Phi) is 9.68. The van der Waals surface area contributed by atoms with Gasteiger partial charge >= 0.3 is 6.18 Å². The average Bonchev–Trinajstić information content (AvgIpc) is 2.58. The van der Waals surface area contributed by atoms with Crippen LogP contribution < -0.4 is 15.4 Å². The molecule has 1 heterocycles. The Balaban J connectivity index is 2.42. The monoisotopic (exact) mass is 362 g/mol. The van der Waals surface area contributed by atoms with Gasteiger partial charge in [-0.25, -0.2) is 4.98 Å². The number of pyridine rings is 1. The number of aromatic nitrogens is 1. The molecule has 0 amide bonds. The molecule has 6 nitrogen and oxygen atoms in total. The maximum atomic E-state index is 12.3. The minimum Gasteiger partial charge on any atom is -0.468 e. The summed E-state index contributed by atoms with van der Waals surface area (Å²) in [5.41, 5.74) is 0.519. The average molecular weight is 362 g/mol. The Labute approximate surface area is 145 Å². The van der Waals surface area contributed by atoms with Crippen molar-refractivity contribution in [2.75, 3.05) is 33.4 Å². The highest BCUT2D eigenvalue weighted by atomic mass is 19.4. The molecule has 0 aliphatic rings. The second kappa shape index (κ2) is 11.5. The molecule has 0 unspecified atom stereocenters. The summed E-state index contributed by atoms with van der Waals surface area (Å²) in [5.74, 6) is 0.515. The number of hydrogen-bond donors (Lipinski definition) is 2. The molecule has 0 atom stereocenters. The van der Waals surface area contributed by atoms with Crippen molar-refractivity contribution in [2.45, 2.75) is 32.5 Å². The van der Waals surface area contributed by atoms with Crippen LogP contribution in [0.2, 0.25) is 0 Å². The number of hydrogen-bond acceptors (Lipinski definition) is 4. The predicted octanol–water partition coefficient (Wildman–Crippen LogP) is 2.50. The van der Waals surface area contributed by atoms with Crippen molar-refractivity contribution in [2.24, 2.45) is 4.99 Å². The molecule has 25 heavy (non-hydrogen) atoms. The molecule has 0 bridgehead atoms. The number of alkyl halides is 3. The summed E-state index contributed by atoms with van der Waals surface area (Å²) >= 11 is 0. The van der Waals surface area contributed by atoms with Gasteiger partial charge in [-0.1, -0.05) is 6.07 Å². The van der Waals surface area contributed by atoms with Gasteiger partial charge in [-0.05, 0) is 25.8 Å². The van der Waals surface area contributed by atoms with Crippen molar-refractivity contribution in [3.8, 4) is 5.88 Å². The van der Waals surface area contributed by atoms with E-state index in [1.165, 1.54) is 6.20 Å². The summed E-state index contributed by atoms with van der Waals surface area (Å²) in [7, 11) is 1.62. The molecule has 9 heteroatoms. The molecule has 0 spiro atoms. The van der Waals surface area contributed by atoms with Gasteiger partial charge < -0.3 is 20.1 Å². The third-order valence-electron chi connectivity index (χ3n) is 3.10. The molecule has 1 aromatic heterocycles. The predicted molar refractivity (Wildman–Crippen MR) is 89.7 cm³/mol. The summed E-state index contributed by atoms with van der Waals surface area (Å²) in [6.07, 6.45) is -1.15. The van der Waals surface area contributed by atoms with Crippen LogP contribution in [0.3, 0.4) is 0 Å². The van der Waals surface area contributed by atoms with Crippen molar-refractivity contribution >= 4 is 5.96 Å². The Hall–Kier alpha value is -2.03. The standard InChI is InChI=1S/C16H25F3N4O2/c1-3-24-10-5-4-8-22-15(20-2)23-11-13-7-6-9-21-14(13)25-12-16(17,18)19/h6-7,9H,3-5,8,10-12H2,1-2H3,(H2,20,22,23). The van der Waals surface area contributed by atoms with Crippen LogP contribution in [-0.4, -0.2) is 50.5 Å². The lowest BCUT2D eigenvalue weighted by atomic mass is 10.2. The van der Waals surface area contributed by atoms with Crippen molar-refractivity contribution in [1.29, 1.82) is 0 Å². The van der Waals surface area contributed by atoms with E-state index in [-0.39, 0.29) is 12.4 Å². The molecule has 1 rings (SSSR count). The zero-order valence-corrected chi connectivity index (χ0v) is 14.5. The highest BCUT2D eigenvalue weighted by molar-refractivity contribution is 5.79. The van der Waals surface area contributed by atoms with E-state index in [2.05, 4.69) is 20.6 Å². The largest absolute Gasteiger partial charge is 0.468 e. The van der Waals surface area contributed by atoms with E-state index in [9.17, 15) is 13.2 Å². The van der Waals surface area contributed by atoms with Gasteiger partial charge in [0.2, 0.25) is 5.88 Å². The number of rotatable bonds is 10. The van der Waals surface area contributed by atoms with Gasteiger partial charge in [-0.3, -0.25) is 4.99 Å². The number of unbranched alkanes of at least 4 members (excludes halogenated alkanes) is 1. The quantitative estimate of drug-likeness (QED) is 0.380. The van der Waals surface area contributed by atoms with Gasteiger partial charge in [-0.2, -0.15) is 13.2 Å². The molecule has 0 aliphatic heterocycles. The van der Waals surface area contributed by atoms with Gasteiger partial charge in [-0.15, -0.1) is 0 Å². The first-order valence-corrected chi connectivity index (χ1v) is 8.12. The minimum atomic E-state index is -4.40. The molecule has 1 aromatic rings. The topological polar surface area (TPSA) is 67.8 Å². The lowest BCUT2D eigenvalue weighted by Crippen LogP contribution is -2.37. The number of nitrogens with one attached hydrogen (secondary N) is 2. The first kappa shape index (κ1) is 21.0. The van der Waals surface area contributed by atoms with Crippen LogP contribution in [0.15, 0.2) is 23.3 Å². The molecule has 0 radical (unpaired) electrons. The fourth-order valence-electron chi connectivity index (χ4n) is 1.92. The van der Waals surface area contributed by atoms with Crippen LogP contribution in [0, 0.1) is 0 Å². The van der Waals surface area contributed by atoms with Gasteiger partial charge in [0.15, 0.2) is 12.6 Å². The van der Waals surface area contributed by atoms with Crippen LogP contribution in [0.4, 0.5) is 13.2 Å². The number of ether oxygens (including phenoxy) is 2.